The summed E-state index contributed by atoms with van der Waals surface area (Å²) >= 11 is 0. The van der Waals surface area contributed by atoms with Crippen molar-refractivity contribution in [1.82, 2.24) is 0 Å². The molecule has 2 aliphatic heterocycles. The third-order valence-electron chi connectivity index (χ3n) is 2.50. The Morgan fingerprint density at radius 2 is 2.25 bits per heavy atom. The molecule has 4 rings (SSSR count). The number of ether oxygens (including phenoxy) is 1. The van der Waals surface area contributed by atoms with Crippen LogP contribution in [-0.4, -0.2) is 5.97 Å². The lowest BCUT2D eigenvalue weighted by molar-refractivity contribution is -0.141. The predicted octanol–water partition coefficient (Wildman–Crippen LogP) is 1.70. The van der Waals surface area contributed by atoms with E-state index in [1.54, 1.807) is 0 Å². The van der Waals surface area contributed by atoms with E-state index < -0.39 is 0 Å². The van der Waals surface area contributed by atoms with Crippen molar-refractivity contribution >= 4 is 5.97 Å². The first-order valence-electron chi connectivity index (χ1n) is 4.15. The van der Waals surface area contributed by atoms with Gasteiger partial charge in [0.25, 0.3) is 0 Å². The van der Waals surface area contributed by atoms with E-state index in [9.17, 15) is 4.79 Å². The van der Waals surface area contributed by atoms with Crippen molar-refractivity contribution < 1.29 is 9.53 Å². The summed E-state index contributed by atoms with van der Waals surface area (Å²) in [7, 11) is 0. The molecule has 2 aliphatic carbocycles. The van der Waals surface area contributed by atoms with Gasteiger partial charge in [0.2, 0.25) is 0 Å². The zero-order valence-corrected chi connectivity index (χ0v) is 6.54. The molecule has 0 saturated heterocycles. The molecule has 0 N–H and O–H groups in total. The molecule has 0 saturated carbocycles. The van der Waals surface area contributed by atoms with Gasteiger partial charge in [-0.2, -0.15) is 0 Å². The quantitative estimate of drug-likeness (QED) is 0.504. The SMILES string of the molecule is O=C1OC2=CC3=CC(=CC1C3)C2. The number of allylic oxidation sites excluding steroid dienone is 4. The Bertz CT molecular complexity index is 358. The van der Waals surface area contributed by atoms with Gasteiger partial charge in [-0.1, -0.05) is 12.2 Å². The normalized spacial score (nSPS) is 30.5. The lowest BCUT2D eigenvalue weighted by Gasteiger charge is -2.15. The molecule has 12 heavy (non-hydrogen) atoms. The van der Waals surface area contributed by atoms with Gasteiger partial charge in [0.15, 0.2) is 0 Å². The zero-order valence-electron chi connectivity index (χ0n) is 6.54. The second-order valence-corrected chi connectivity index (χ2v) is 3.48. The molecule has 0 aromatic rings. The van der Waals surface area contributed by atoms with E-state index in [4.69, 9.17) is 4.74 Å². The van der Waals surface area contributed by atoms with Crippen molar-refractivity contribution in [3.63, 3.8) is 0 Å². The van der Waals surface area contributed by atoms with Crippen LogP contribution in [-0.2, 0) is 9.53 Å². The van der Waals surface area contributed by atoms with Crippen LogP contribution in [0, 0.1) is 5.92 Å². The summed E-state index contributed by atoms with van der Waals surface area (Å²) in [6.45, 7) is 0. The van der Waals surface area contributed by atoms with Gasteiger partial charge in [-0.05, 0) is 23.6 Å². The van der Waals surface area contributed by atoms with Crippen LogP contribution in [0.25, 0.3) is 0 Å². The van der Waals surface area contributed by atoms with Crippen LogP contribution >= 0.6 is 0 Å². The minimum absolute atomic E-state index is 0.0174. The van der Waals surface area contributed by atoms with Crippen molar-refractivity contribution in [1.29, 1.82) is 0 Å². The first-order chi connectivity index (χ1) is 5.81. The summed E-state index contributed by atoms with van der Waals surface area (Å²) in [4.78, 5) is 11.3. The van der Waals surface area contributed by atoms with E-state index in [-0.39, 0.29) is 11.9 Å². The zero-order chi connectivity index (χ0) is 8.13. The summed E-state index contributed by atoms with van der Waals surface area (Å²) in [5, 5.41) is 0. The topological polar surface area (TPSA) is 26.3 Å². The molecule has 0 aromatic carbocycles. The van der Waals surface area contributed by atoms with Crippen LogP contribution in [0.4, 0.5) is 0 Å². The lowest BCUT2D eigenvalue weighted by atomic mass is 9.87. The van der Waals surface area contributed by atoms with Gasteiger partial charge < -0.3 is 4.74 Å². The van der Waals surface area contributed by atoms with E-state index in [1.165, 1.54) is 11.1 Å². The van der Waals surface area contributed by atoms with Crippen molar-refractivity contribution in [2.45, 2.75) is 12.8 Å². The van der Waals surface area contributed by atoms with Gasteiger partial charge in [-0.3, -0.25) is 4.79 Å². The van der Waals surface area contributed by atoms with Gasteiger partial charge >= 0.3 is 5.97 Å². The second kappa shape index (κ2) is 1.89. The maximum Gasteiger partial charge on any atom is 0.318 e. The Labute approximate surface area is 70.2 Å². The van der Waals surface area contributed by atoms with Crippen molar-refractivity contribution in [3.05, 3.63) is 35.1 Å². The van der Waals surface area contributed by atoms with Crippen molar-refractivity contribution in [2.24, 2.45) is 5.92 Å². The summed E-state index contributed by atoms with van der Waals surface area (Å²) in [5.41, 5.74) is 2.48. The van der Waals surface area contributed by atoms with Crippen LogP contribution in [0.15, 0.2) is 35.1 Å². The highest BCUT2D eigenvalue weighted by molar-refractivity contribution is 5.79. The van der Waals surface area contributed by atoms with E-state index >= 15 is 0 Å². The van der Waals surface area contributed by atoms with Crippen molar-refractivity contribution in [3.8, 4) is 0 Å². The fourth-order valence-electron chi connectivity index (χ4n) is 2.01. The van der Waals surface area contributed by atoms with Crippen LogP contribution in [0.5, 0.6) is 0 Å². The number of carbonyl (C=O) groups excluding carboxylic acids is 1. The molecule has 0 amide bonds. The molecule has 4 aliphatic rings. The number of hydrogen-bond donors (Lipinski definition) is 0. The largest absolute Gasteiger partial charge is 0.430 e. The molecule has 0 radical (unpaired) electrons. The third kappa shape index (κ3) is 0.721. The van der Waals surface area contributed by atoms with Crippen LogP contribution in [0.1, 0.15) is 12.8 Å². The standard InChI is InChI=1S/C10H8O2/c11-10-8-2-6-1-7(3-8)5-9(4-6)12-10/h1-2,5,8H,3-4H2. The fraction of sp³-hybridized carbons (Fsp3) is 0.300. The molecular formula is C10H8O2. The average Bonchev–Trinajstić information content (AvgIpc) is 2.16. The maximum atomic E-state index is 11.3. The molecule has 2 nitrogen and oxygen atoms in total. The van der Waals surface area contributed by atoms with E-state index in [2.05, 4.69) is 6.08 Å². The number of esters is 1. The summed E-state index contributed by atoms with van der Waals surface area (Å²) < 4.78 is 5.17. The van der Waals surface area contributed by atoms with Gasteiger partial charge in [-0.25, -0.2) is 0 Å². The van der Waals surface area contributed by atoms with Gasteiger partial charge in [-0.15, -0.1) is 0 Å². The molecular weight excluding hydrogens is 152 g/mol. The molecule has 1 atom stereocenters. The Kier molecular flexibility index (Phi) is 0.980. The van der Waals surface area contributed by atoms with E-state index in [1.807, 2.05) is 12.2 Å². The highest BCUT2D eigenvalue weighted by Crippen LogP contribution is 2.37. The maximum absolute atomic E-state index is 11.3. The Morgan fingerprint density at radius 1 is 1.33 bits per heavy atom. The van der Waals surface area contributed by atoms with E-state index in [0.717, 1.165) is 18.6 Å². The van der Waals surface area contributed by atoms with Crippen molar-refractivity contribution in [2.75, 3.05) is 0 Å². The number of carbonyl (C=O) groups is 1. The molecule has 2 heterocycles. The Morgan fingerprint density at radius 3 is 3.08 bits per heavy atom. The molecule has 4 bridgehead atoms. The number of rotatable bonds is 0. The minimum Gasteiger partial charge on any atom is -0.430 e. The van der Waals surface area contributed by atoms with Gasteiger partial charge in [0.05, 0.1) is 5.92 Å². The highest BCUT2D eigenvalue weighted by Gasteiger charge is 2.31. The van der Waals surface area contributed by atoms with E-state index in [0.29, 0.717) is 0 Å². The van der Waals surface area contributed by atoms with Crippen LogP contribution < -0.4 is 0 Å². The predicted molar refractivity (Wildman–Crippen MR) is 43.1 cm³/mol. The molecule has 1 unspecified atom stereocenters. The fourth-order valence-corrected chi connectivity index (χ4v) is 2.01. The third-order valence-corrected chi connectivity index (χ3v) is 2.50. The Balaban J connectivity index is 2.21. The molecule has 0 aromatic heterocycles. The average molecular weight is 160 g/mol. The van der Waals surface area contributed by atoms with Gasteiger partial charge in [0.1, 0.15) is 5.76 Å². The Hall–Kier alpha value is -1.31. The second-order valence-electron chi connectivity index (χ2n) is 3.48. The first-order valence-corrected chi connectivity index (χ1v) is 4.15. The number of fused-ring (bicyclic) bond motifs is 1. The molecule has 60 valence electrons. The lowest BCUT2D eigenvalue weighted by Crippen LogP contribution is -2.13. The first kappa shape index (κ1) is 6.23. The summed E-state index contributed by atoms with van der Waals surface area (Å²) in [6, 6.07) is 0. The number of hydrogen-bond acceptors (Lipinski definition) is 2. The molecule has 0 spiro atoms. The minimum atomic E-state index is -0.0839. The smallest absolute Gasteiger partial charge is 0.318 e. The monoisotopic (exact) mass is 160 g/mol. The summed E-state index contributed by atoms with van der Waals surface area (Å²) in [6.07, 6.45) is 7.81. The van der Waals surface area contributed by atoms with Crippen LogP contribution in [0.2, 0.25) is 0 Å². The highest BCUT2D eigenvalue weighted by atomic mass is 16.5. The molecule has 2 heteroatoms. The van der Waals surface area contributed by atoms with Gasteiger partial charge in [0, 0.05) is 6.42 Å². The molecule has 0 fully saturated rings. The summed E-state index contributed by atoms with van der Waals surface area (Å²) in [5.74, 6) is 0.722. The van der Waals surface area contributed by atoms with Crippen LogP contribution in [0.3, 0.4) is 0 Å².